The molecule has 0 rings (SSSR count). The van der Waals surface area contributed by atoms with E-state index < -0.39 is 0 Å². The Labute approximate surface area is 76.0 Å². The lowest BCUT2D eigenvalue weighted by Gasteiger charge is -1.80. The predicted molar refractivity (Wildman–Crippen MR) is 55.5 cm³/mol. The van der Waals surface area contributed by atoms with Crippen LogP contribution < -0.4 is 0 Å². The van der Waals surface area contributed by atoms with Crippen LogP contribution in [0.5, 0.6) is 0 Å². The third kappa shape index (κ3) is 8.96. The molecule has 0 heteroatoms. The molecule has 0 aromatic rings. The SMILES string of the molecule is [CH]=CCC=CCC=CC=CC[CH2]. The van der Waals surface area contributed by atoms with Crippen LogP contribution in [0.1, 0.15) is 19.3 Å². The van der Waals surface area contributed by atoms with Gasteiger partial charge in [-0.3, -0.25) is 0 Å². The quantitative estimate of drug-likeness (QED) is 0.411. The molecule has 2 radical (unpaired) electrons. The second kappa shape index (κ2) is 9.96. The Hall–Kier alpha value is -1.04. The molecular weight excluding hydrogens is 144 g/mol. The van der Waals surface area contributed by atoms with E-state index in [4.69, 9.17) is 6.58 Å². The van der Waals surface area contributed by atoms with E-state index in [1.165, 1.54) is 0 Å². The number of allylic oxidation sites excluding steroid dienone is 7. The number of hydrogen-bond acceptors (Lipinski definition) is 0. The lowest BCUT2D eigenvalue weighted by Crippen LogP contribution is -1.59. The molecule has 12 heavy (non-hydrogen) atoms. The first-order valence-electron chi connectivity index (χ1n) is 4.21. The zero-order chi connectivity index (χ0) is 9.07. The van der Waals surface area contributed by atoms with Crippen LogP contribution in [0.3, 0.4) is 0 Å². The minimum absolute atomic E-state index is 0.850. The van der Waals surface area contributed by atoms with Gasteiger partial charge >= 0.3 is 0 Å². The summed E-state index contributed by atoms with van der Waals surface area (Å²) in [5.74, 6) is 0. The number of rotatable bonds is 6. The van der Waals surface area contributed by atoms with Gasteiger partial charge < -0.3 is 0 Å². The monoisotopic (exact) mass is 160 g/mol. The van der Waals surface area contributed by atoms with Crippen molar-refractivity contribution < 1.29 is 0 Å². The van der Waals surface area contributed by atoms with Crippen molar-refractivity contribution in [3.8, 4) is 0 Å². The molecular formula is C12H16. The van der Waals surface area contributed by atoms with Gasteiger partial charge in [0.2, 0.25) is 0 Å². The van der Waals surface area contributed by atoms with E-state index in [9.17, 15) is 0 Å². The minimum Gasteiger partial charge on any atom is -0.0845 e. The fourth-order valence-electron chi connectivity index (χ4n) is 0.682. The third-order valence-corrected chi connectivity index (χ3v) is 1.26. The maximum absolute atomic E-state index is 5.20. The van der Waals surface area contributed by atoms with Crippen LogP contribution in [-0.2, 0) is 0 Å². The zero-order valence-corrected chi connectivity index (χ0v) is 7.45. The van der Waals surface area contributed by atoms with Crippen LogP contribution in [0, 0.1) is 13.5 Å². The summed E-state index contributed by atoms with van der Waals surface area (Å²) >= 11 is 0. The first-order valence-corrected chi connectivity index (χ1v) is 4.21. The van der Waals surface area contributed by atoms with Gasteiger partial charge in [-0.2, -0.15) is 0 Å². The lowest BCUT2D eigenvalue weighted by atomic mass is 10.3. The Balaban J connectivity index is 3.35. The molecule has 0 spiro atoms. The zero-order valence-electron chi connectivity index (χ0n) is 7.45. The van der Waals surface area contributed by atoms with Crippen LogP contribution >= 0.6 is 0 Å². The highest BCUT2D eigenvalue weighted by Gasteiger charge is 1.69. The Morgan fingerprint density at radius 3 is 2.25 bits per heavy atom. The highest BCUT2D eigenvalue weighted by atomic mass is 13.8. The third-order valence-electron chi connectivity index (χ3n) is 1.26. The van der Waals surface area contributed by atoms with Gasteiger partial charge in [0.1, 0.15) is 0 Å². The van der Waals surface area contributed by atoms with Crippen molar-refractivity contribution in [2.75, 3.05) is 0 Å². The van der Waals surface area contributed by atoms with Crippen molar-refractivity contribution in [1.29, 1.82) is 0 Å². The average Bonchev–Trinajstić information content (AvgIpc) is 2.10. The molecule has 0 atom stereocenters. The first kappa shape index (κ1) is 11.0. The van der Waals surface area contributed by atoms with E-state index in [0.29, 0.717) is 0 Å². The molecule has 0 saturated carbocycles. The summed E-state index contributed by atoms with van der Waals surface area (Å²) in [7, 11) is 0. The van der Waals surface area contributed by atoms with Gasteiger partial charge in [0.05, 0.1) is 0 Å². The summed E-state index contributed by atoms with van der Waals surface area (Å²) in [6.07, 6.45) is 16.6. The van der Waals surface area contributed by atoms with Crippen LogP contribution in [-0.4, -0.2) is 0 Å². The van der Waals surface area contributed by atoms with E-state index >= 15 is 0 Å². The fraction of sp³-hybridized carbons (Fsp3) is 0.250. The normalized spacial score (nSPS) is 12.1. The van der Waals surface area contributed by atoms with Crippen LogP contribution in [0.15, 0.2) is 42.5 Å². The fourth-order valence-corrected chi connectivity index (χ4v) is 0.682. The topological polar surface area (TPSA) is 0 Å². The number of hydrogen-bond donors (Lipinski definition) is 0. The first-order chi connectivity index (χ1) is 5.91. The second-order valence-electron chi connectivity index (χ2n) is 2.32. The summed E-state index contributed by atoms with van der Waals surface area (Å²) in [6.45, 7) is 8.89. The van der Waals surface area contributed by atoms with Crippen LogP contribution in [0.25, 0.3) is 0 Å². The molecule has 0 nitrogen and oxygen atoms in total. The summed E-state index contributed by atoms with van der Waals surface area (Å²) in [4.78, 5) is 0. The van der Waals surface area contributed by atoms with Crippen LogP contribution in [0.4, 0.5) is 0 Å². The van der Waals surface area contributed by atoms with E-state index in [2.05, 4.69) is 25.2 Å². The van der Waals surface area contributed by atoms with E-state index in [0.717, 1.165) is 19.3 Å². The maximum Gasteiger partial charge on any atom is -0.0166 e. The van der Waals surface area contributed by atoms with Gasteiger partial charge in [0.15, 0.2) is 0 Å². The average molecular weight is 160 g/mol. The van der Waals surface area contributed by atoms with Gasteiger partial charge in [-0.25, -0.2) is 0 Å². The van der Waals surface area contributed by atoms with Gasteiger partial charge in [0.25, 0.3) is 0 Å². The van der Waals surface area contributed by atoms with Gasteiger partial charge in [-0.05, 0) is 26.2 Å². The Bertz CT molecular complexity index is 170. The van der Waals surface area contributed by atoms with Crippen molar-refractivity contribution in [3.63, 3.8) is 0 Å². The van der Waals surface area contributed by atoms with E-state index in [-0.39, 0.29) is 0 Å². The van der Waals surface area contributed by atoms with Gasteiger partial charge in [0, 0.05) is 0 Å². The molecule has 0 aromatic heterocycles. The second-order valence-corrected chi connectivity index (χ2v) is 2.32. The highest BCUT2D eigenvalue weighted by Crippen LogP contribution is 1.90. The molecule has 0 bridgehead atoms. The molecule has 0 heterocycles. The smallest absolute Gasteiger partial charge is 0.0166 e. The summed E-state index contributed by atoms with van der Waals surface area (Å²) in [6, 6.07) is 0. The van der Waals surface area contributed by atoms with Crippen molar-refractivity contribution in [2.24, 2.45) is 0 Å². The molecule has 0 saturated heterocycles. The van der Waals surface area contributed by atoms with E-state index in [1.54, 1.807) is 6.08 Å². The van der Waals surface area contributed by atoms with Gasteiger partial charge in [-0.15, -0.1) is 0 Å². The minimum atomic E-state index is 0.850. The summed E-state index contributed by atoms with van der Waals surface area (Å²) in [5.41, 5.74) is 0. The molecule has 0 unspecified atom stereocenters. The van der Waals surface area contributed by atoms with Crippen molar-refractivity contribution >= 4 is 0 Å². The Morgan fingerprint density at radius 1 is 0.917 bits per heavy atom. The Morgan fingerprint density at radius 2 is 1.58 bits per heavy atom. The highest BCUT2D eigenvalue weighted by molar-refractivity contribution is 5.05. The van der Waals surface area contributed by atoms with Gasteiger partial charge in [-0.1, -0.05) is 49.1 Å². The lowest BCUT2D eigenvalue weighted by molar-refractivity contribution is 1.31. The van der Waals surface area contributed by atoms with E-state index in [1.807, 2.05) is 18.2 Å². The predicted octanol–water partition coefficient (Wildman–Crippen LogP) is 3.65. The molecule has 0 aliphatic carbocycles. The molecule has 0 fully saturated rings. The summed E-state index contributed by atoms with van der Waals surface area (Å²) < 4.78 is 0. The largest absolute Gasteiger partial charge is 0.0845 e. The van der Waals surface area contributed by atoms with Crippen molar-refractivity contribution in [3.05, 3.63) is 56.0 Å². The van der Waals surface area contributed by atoms with Crippen LogP contribution in [0.2, 0.25) is 0 Å². The standard InChI is InChI=1S/C12H16/c1-3-5-7-9-11-12-10-8-6-4-2/h1,3,6-10,12H,2,4-5,11H2. The molecule has 0 N–H and O–H groups in total. The Kier molecular flexibility index (Phi) is 9.10. The summed E-state index contributed by atoms with van der Waals surface area (Å²) in [5, 5.41) is 0. The molecule has 0 aromatic carbocycles. The molecule has 64 valence electrons. The molecule has 0 amide bonds. The molecule has 0 aliphatic rings. The maximum atomic E-state index is 5.20. The molecule has 0 aliphatic heterocycles. The van der Waals surface area contributed by atoms with Crippen molar-refractivity contribution in [2.45, 2.75) is 19.3 Å². The van der Waals surface area contributed by atoms with Crippen molar-refractivity contribution in [1.82, 2.24) is 0 Å².